The summed E-state index contributed by atoms with van der Waals surface area (Å²) < 4.78 is 2.27. The van der Waals surface area contributed by atoms with E-state index < -0.39 is 0 Å². The molecule has 1 aromatic carbocycles. The van der Waals surface area contributed by atoms with Crippen LogP contribution in [0.1, 0.15) is 36.4 Å². The Hall–Kier alpha value is -2.03. The number of benzene rings is 1. The quantitative estimate of drug-likeness (QED) is 0.846. The predicted octanol–water partition coefficient (Wildman–Crippen LogP) is 3.59. The van der Waals surface area contributed by atoms with Gasteiger partial charge in [0.25, 0.3) is 0 Å². The average Bonchev–Trinajstić information content (AvgIpc) is 3.09. The van der Waals surface area contributed by atoms with Crippen molar-refractivity contribution in [2.45, 2.75) is 38.6 Å². The fourth-order valence-electron chi connectivity index (χ4n) is 3.17. The highest BCUT2D eigenvalue weighted by Gasteiger charge is 2.22. The molecular weight excluding hydrogens is 272 g/mol. The van der Waals surface area contributed by atoms with Crippen molar-refractivity contribution < 1.29 is 4.79 Å². The Kier molecular flexibility index (Phi) is 4.62. The van der Waals surface area contributed by atoms with Gasteiger partial charge in [-0.3, -0.25) is 4.79 Å². The maximum atomic E-state index is 12.4. The topological polar surface area (TPSA) is 25.2 Å². The van der Waals surface area contributed by atoms with Crippen molar-refractivity contribution in [3.05, 3.63) is 59.9 Å². The number of likely N-dealkylation sites (tertiary alicyclic amines) is 1. The van der Waals surface area contributed by atoms with Gasteiger partial charge in [-0.1, -0.05) is 29.8 Å². The zero-order valence-electron chi connectivity index (χ0n) is 13.2. The summed E-state index contributed by atoms with van der Waals surface area (Å²) in [7, 11) is 0. The van der Waals surface area contributed by atoms with Crippen LogP contribution >= 0.6 is 0 Å². The molecule has 3 rings (SSSR count). The molecule has 0 unspecified atom stereocenters. The molecule has 0 radical (unpaired) electrons. The molecule has 0 aliphatic carbocycles. The van der Waals surface area contributed by atoms with Crippen molar-refractivity contribution in [1.82, 2.24) is 9.47 Å². The van der Waals surface area contributed by atoms with Crippen molar-refractivity contribution in [1.29, 1.82) is 0 Å². The molecular formula is C19H24N2O. The molecule has 2 heterocycles. The van der Waals surface area contributed by atoms with Crippen molar-refractivity contribution in [2.24, 2.45) is 0 Å². The van der Waals surface area contributed by atoms with Crippen molar-refractivity contribution in [2.75, 3.05) is 13.1 Å². The van der Waals surface area contributed by atoms with E-state index >= 15 is 0 Å². The minimum Gasteiger partial charge on any atom is -0.351 e. The van der Waals surface area contributed by atoms with E-state index in [0.29, 0.717) is 18.4 Å². The molecule has 2 aromatic rings. The van der Waals surface area contributed by atoms with E-state index in [1.54, 1.807) is 0 Å². The van der Waals surface area contributed by atoms with E-state index in [9.17, 15) is 4.79 Å². The number of aromatic nitrogens is 1. The molecule has 3 heteroatoms. The van der Waals surface area contributed by atoms with E-state index in [4.69, 9.17) is 0 Å². The monoisotopic (exact) mass is 296 g/mol. The van der Waals surface area contributed by atoms with Gasteiger partial charge in [0.05, 0.1) is 0 Å². The average molecular weight is 296 g/mol. The second kappa shape index (κ2) is 6.82. The number of carbonyl (C=O) groups is 1. The highest BCUT2D eigenvalue weighted by Crippen LogP contribution is 2.23. The van der Waals surface area contributed by atoms with Crippen LogP contribution in [-0.2, 0) is 11.2 Å². The van der Waals surface area contributed by atoms with Gasteiger partial charge in [0.2, 0.25) is 5.91 Å². The highest BCUT2D eigenvalue weighted by molar-refractivity contribution is 5.76. The van der Waals surface area contributed by atoms with Crippen LogP contribution in [0.2, 0.25) is 0 Å². The fourth-order valence-corrected chi connectivity index (χ4v) is 3.17. The van der Waals surface area contributed by atoms with Gasteiger partial charge < -0.3 is 9.47 Å². The van der Waals surface area contributed by atoms with E-state index in [1.807, 2.05) is 4.90 Å². The minimum atomic E-state index is 0.298. The number of nitrogens with zero attached hydrogens (tertiary/aromatic N) is 2. The van der Waals surface area contributed by atoms with Gasteiger partial charge in [-0.2, -0.15) is 0 Å². The molecule has 0 saturated carbocycles. The van der Waals surface area contributed by atoms with E-state index in [1.165, 1.54) is 11.1 Å². The molecule has 0 spiro atoms. The van der Waals surface area contributed by atoms with Gasteiger partial charge in [0.1, 0.15) is 0 Å². The summed E-state index contributed by atoms with van der Waals surface area (Å²) in [6.45, 7) is 3.86. The number of rotatable bonds is 4. The summed E-state index contributed by atoms with van der Waals surface area (Å²) in [5, 5.41) is 0. The lowest BCUT2D eigenvalue weighted by Gasteiger charge is -2.33. The lowest BCUT2D eigenvalue weighted by Crippen LogP contribution is -2.39. The fraction of sp³-hybridized carbons (Fsp3) is 0.421. The summed E-state index contributed by atoms with van der Waals surface area (Å²) in [6, 6.07) is 13.2. The first-order chi connectivity index (χ1) is 10.7. The Balaban J connectivity index is 1.46. The van der Waals surface area contributed by atoms with Crippen LogP contribution in [0.5, 0.6) is 0 Å². The molecule has 1 aromatic heterocycles. The predicted molar refractivity (Wildman–Crippen MR) is 88.8 cm³/mol. The number of piperidine rings is 1. The molecule has 22 heavy (non-hydrogen) atoms. The summed E-state index contributed by atoms with van der Waals surface area (Å²) in [5.74, 6) is 0.298. The Morgan fingerprint density at radius 3 is 2.36 bits per heavy atom. The Bertz CT molecular complexity index is 593. The SMILES string of the molecule is Cc1ccc(CCC(=O)N2CCC(n3cccc3)CC2)cc1. The van der Waals surface area contributed by atoms with Crippen molar-refractivity contribution >= 4 is 5.91 Å². The minimum absolute atomic E-state index is 0.298. The summed E-state index contributed by atoms with van der Waals surface area (Å²) in [5.41, 5.74) is 2.52. The zero-order valence-corrected chi connectivity index (χ0v) is 13.2. The van der Waals surface area contributed by atoms with Crippen molar-refractivity contribution in [3.8, 4) is 0 Å². The Morgan fingerprint density at radius 1 is 1.09 bits per heavy atom. The summed E-state index contributed by atoms with van der Waals surface area (Å²) in [6.07, 6.45) is 7.84. The lowest BCUT2D eigenvalue weighted by atomic mass is 10.0. The van der Waals surface area contributed by atoms with E-state index in [2.05, 4.69) is 60.3 Å². The van der Waals surface area contributed by atoms with Gasteiger partial charge in [-0.15, -0.1) is 0 Å². The molecule has 1 amide bonds. The molecule has 116 valence electrons. The molecule has 0 atom stereocenters. The van der Waals surface area contributed by atoms with Crippen LogP contribution < -0.4 is 0 Å². The number of aryl methyl sites for hydroxylation is 2. The number of hydrogen-bond donors (Lipinski definition) is 0. The first-order valence-corrected chi connectivity index (χ1v) is 8.18. The Morgan fingerprint density at radius 2 is 1.73 bits per heavy atom. The largest absolute Gasteiger partial charge is 0.351 e. The third-order valence-electron chi connectivity index (χ3n) is 4.61. The van der Waals surface area contributed by atoms with Crippen LogP contribution in [0.4, 0.5) is 0 Å². The molecule has 1 aliphatic rings. The molecule has 0 bridgehead atoms. The first kappa shape index (κ1) is 14.9. The standard InChI is InChI=1S/C19H24N2O/c1-16-4-6-17(7-5-16)8-9-19(22)21-14-10-18(11-15-21)20-12-2-3-13-20/h2-7,12-13,18H,8-11,14-15H2,1H3. The normalized spacial score (nSPS) is 16.0. The second-order valence-corrected chi connectivity index (χ2v) is 6.23. The van der Waals surface area contributed by atoms with Crippen LogP contribution in [-0.4, -0.2) is 28.5 Å². The summed E-state index contributed by atoms with van der Waals surface area (Å²) in [4.78, 5) is 14.4. The number of carbonyl (C=O) groups excluding carboxylic acids is 1. The highest BCUT2D eigenvalue weighted by atomic mass is 16.2. The van der Waals surface area contributed by atoms with Crippen LogP contribution in [0, 0.1) is 6.92 Å². The first-order valence-electron chi connectivity index (χ1n) is 8.18. The van der Waals surface area contributed by atoms with Crippen LogP contribution in [0.15, 0.2) is 48.8 Å². The van der Waals surface area contributed by atoms with Gasteiger partial charge in [-0.25, -0.2) is 0 Å². The van der Waals surface area contributed by atoms with Gasteiger partial charge >= 0.3 is 0 Å². The molecule has 1 fully saturated rings. The van der Waals surface area contributed by atoms with Gasteiger partial charge in [0, 0.05) is 37.9 Å². The zero-order chi connectivity index (χ0) is 15.4. The number of amides is 1. The third-order valence-corrected chi connectivity index (χ3v) is 4.61. The van der Waals surface area contributed by atoms with E-state index in [-0.39, 0.29) is 0 Å². The van der Waals surface area contributed by atoms with Crippen LogP contribution in [0.3, 0.4) is 0 Å². The number of hydrogen-bond acceptors (Lipinski definition) is 1. The lowest BCUT2D eigenvalue weighted by molar-refractivity contribution is -0.132. The smallest absolute Gasteiger partial charge is 0.222 e. The maximum Gasteiger partial charge on any atom is 0.222 e. The van der Waals surface area contributed by atoms with E-state index in [0.717, 1.165) is 32.4 Å². The molecule has 1 saturated heterocycles. The third kappa shape index (κ3) is 3.59. The maximum absolute atomic E-state index is 12.4. The van der Waals surface area contributed by atoms with Crippen LogP contribution in [0.25, 0.3) is 0 Å². The summed E-state index contributed by atoms with van der Waals surface area (Å²) >= 11 is 0. The molecule has 0 N–H and O–H groups in total. The van der Waals surface area contributed by atoms with Gasteiger partial charge in [0.15, 0.2) is 0 Å². The van der Waals surface area contributed by atoms with Crippen molar-refractivity contribution in [3.63, 3.8) is 0 Å². The van der Waals surface area contributed by atoms with Gasteiger partial charge in [-0.05, 0) is 43.9 Å². The Labute approximate surface area is 132 Å². The molecule has 3 nitrogen and oxygen atoms in total. The second-order valence-electron chi connectivity index (χ2n) is 6.23. The molecule has 1 aliphatic heterocycles.